The molecule has 6 nitrogen and oxygen atoms in total. The molecule has 3 aromatic rings. The summed E-state index contributed by atoms with van der Waals surface area (Å²) in [7, 11) is 0. The van der Waals surface area contributed by atoms with Crippen molar-refractivity contribution in [3.05, 3.63) is 76.2 Å². The van der Waals surface area contributed by atoms with E-state index < -0.39 is 0 Å². The van der Waals surface area contributed by atoms with Crippen LogP contribution in [-0.2, 0) is 15.0 Å². The molecule has 0 saturated carbocycles. The van der Waals surface area contributed by atoms with E-state index in [4.69, 9.17) is 5.10 Å². The Kier molecular flexibility index (Phi) is 8.02. The number of carbonyl (C=O) groups excluding carboxylic acids is 2. The highest BCUT2D eigenvalue weighted by Crippen LogP contribution is 2.48. The second-order valence-electron chi connectivity index (χ2n) is 11.1. The minimum absolute atomic E-state index is 0.00661. The van der Waals surface area contributed by atoms with Gasteiger partial charge in [-0.25, -0.2) is 9.07 Å². The van der Waals surface area contributed by atoms with Crippen molar-refractivity contribution in [1.29, 1.82) is 0 Å². The van der Waals surface area contributed by atoms with Crippen molar-refractivity contribution >= 4 is 29.4 Å². The summed E-state index contributed by atoms with van der Waals surface area (Å²) in [5.41, 5.74) is 5.01. The Labute approximate surface area is 229 Å². The molecule has 2 amide bonds. The lowest BCUT2D eigenvalue weighted by molar-refractivity contribution is -0.123. The van der Waals surface area contributed by atoms with Gasteiger partial charge >= 0.3 is 0 Å². The topological polar surface area (TPSA) is 67.2 Å². The Morgan fingerprint density at radius 1 is 1.21 bits per heavy atom. The van der Waals surface area contributed by atoms with Crippen LogP contribution < -0.4 is 10.2 Å². The summed E-state index contributed by atoms with van der Waals surface area (Å²) in [5.74, 6) is -0.00274. The van der Waals surface area contributed by atoms with Crippen molar-refractivity contribution in [1.82, 2.24) is 15.1 Å². The molecule has 1 aliphatic heterocycles. The fourth-order valence-corrected chi connectivity index (χ4v) is 5.97. The molecule has 8 heteroatoms. The lowest BCUT2D eigenvalue weighted by Crippen LogP contribution is -2.44. The molecule has 38 heavy (non-hydrogen) atoms. The maximum atomic E-state index is 14.4. The van der Waals surface area contributed by atoms with Crippen molar-refractivity contribution < 1.29 is 14.0 Å². The summed E-state index contributed by atoms with van der Waals surface area (Å²) in [6, 6.07) is 12.6. The third-order valence-corrected chi connectivity index (χ3v) is 8.11. The van der Waals surface area contributed by atoms with Gasteiger partial charge in [0.25, 0.3) is 0 Å². The number of anilines is 1. The maximum absolute atomic E-state index is 14.4. The second-order valence-corrected chi connectivity index (χ2v) is 12.2. The molecule has 0 unspecified atom stereocenters. The number of nitrogens with one attached hydrogen (secondary N) is 1. The van der Waals surface area contributed by atoms with Gasteiger partial charge in [0.15, 0.2) is 0 Å². The number of aryl methyl sites for hydroxylation is 2. The van der Waals surface area contributed by atoms with Crippen LogP contribution in [0.1, 0.15) is 74.2 Å². The largest absolute Gasteiger partial charge is 0.352 e. The lowest BCUT2D eigenvalue weighted by Gasteiger charge is -2.25. The van der Waals surface area contributed by atoms with E-state index in [1.165, 1.54) is 23.9 Å². The number of nitrogens with zero attached hydrogens (tertiary/aromatic N) is 3. The molecular weight excluding hydrogens is 499 g/mol. The Morgan fingerprint density at radius 3 is 2.58 bits per heavy atom. The molecule has 1 aromatic heterocycles. The summed E-state index contributed by atoms with van der Waals surface area (Å²) in [4.78, 5) is 28.4. The molecule has 4 rings (SSSR count). The maximum Gasteiger partial charge on any atom is 0.240 e. The van der Waals surface area contributed by atoms with Crippen molar-refractivity contribution in [2.45, 2.75) is 71.6 Å². The number of aromatic nitrogens is 2. The highest BCUT2D eigenvalue weighted by Gasteiger charge is 2.40. The average molecular weight is 537 g/mol. The fraction of sp³-hybridized carbons (Fsp3) is 0.433. The molecular formula is C30H37FN4O2S. The van der Waals surface area contributed by atoms with Gasteiger partial charge in [-0.3, -0.25) is 14.5 Å². The number of hydrogen-bond donors (Lipinski definition) is 1. The number of benzene rings is 2. The third-order valence-electron chi connectivity index (χ3n) is 6.85. The van der Waals surface area contributed by atoms with Gasteiger partial charge in [0.05, 0.1) is 22.4 Å². The van der Waals surface area contributed by atoms with Crippen molar-refractivity contribution in [2.75, 3.05) is 17.2 Å². The molecule has 2 aromatic carbocycles. The molecule has 0 aliphatic carbocycles. The van der Waals surface area contributed by atoms with Gasteiger partial charge in [-0.2, -0.15) is 5.10 Å². The number of amides is 2. The van der Waals surface area contributed by atoms with Crippen LogP contribution >= 0.6 is 11.8 Å². The van der Waals surface area contributed by atoms with Gasteiger partial charge in [0.2, 0.25) is 11.8 Å². The Balaban J connectivity index is 2.02. The summed E-state index contributed by atoms with van der Waals surface area (Å²) >= 11 is 1.45. The van der Waals surface area contributed by atoms with Crippen LogP contribution in [0.15, 0.2) is 42.5 Å². The zero-order chi connectivity index (χ0) is 27.8. The zero-order valence-corrected chi connectivity index (χ0v) is 24.1. The quantitative estimate of drug-likeness (QED) is 0.419. The first kappa shape index (κ1) is 27.9. The molecule has 0 bridgehead atoms. The minimum atomic E-state index is -0.377. The number of thioether (sulfide) groups is 1. The first-order valence-electron chi connectivity index (χ1n) is 13.1. The summed E-state index contributed by atoms with van der Waals surface area (Å²) < 4.78 is 16.2. The number of fused-ring (bicyclic) bond motifs is 1. The molecule has 1 N–H and O–H groups in total. The normalized spacial score (nSPS) is 16.7. The summed E-state index contributed by atoms with van der Waals surface area (Å²) in [5, 5.41) is 7.78. The van der Waals surface area contributed by atoms with Gasteiger partial charge in [0, 0.05) is 17.0 Å². The van der Waals surface area contributed by atoms with E-state index >= 15 is 0 Å². The Morgan fingerprint density at radius 2 is 1.95 bits per heavy atom. The van der Waals surface area contributed by atoms with Crippen LogP contribution in [0.25, 0.3) is 5.69 Å². The van der Waals surface area contributed by atoms with Crippen molar-refractivity contribution in [2.24, 2.45) is 0 Å². The monoisotopic (exact) mass is 536 g/mol. The predicted octanol–water partition coefficient (Wildman–Crippen LogP) is 6.01. The van der Waals surface area contributed by atoms with Crippen LogP contribution in [0.2, 0.25) is 0 Å². The predicted molar refractivity (Wildman–Crippen MR) is 153 cm³/mol. The van der Waals surface area contributed by atoms with E-state index in [0.29, 0.717) is 5.82 Å². The van der Waals surface area contributed by atoms with Crippen molar-refractivity contribution in [3.8, 4) is 5.69 Å². The van der Waals surface area contributed by atoms with E-state index in [1.807, 2.05) is 50.6 Å². The fourth-order valence-electron chi connectivity index (χ4n) is 4.78. The van der Waals surface area contributed by atoms with Gasteiger partial charge in [-0.05, 0) is 56.5 Å². The molecule has 2 heterocycles. The zero-order valence-electron chi connectivity index (χ0n) is 23.3. The van der Waals surface area contributed by atoms with E-state index in [1.54, 1.807) is 11.0 Å². The van der Waals surface area contributed by atoms with Gasteiger partial charge in [-0.15, -0.1) is 11.8 Å². The molecule has 0 spiro atoms. The molecule has 1 aliphatic rings. The van der Waals surface area contributed by atoms with Gasteiger partial charge in [-0.1, -0.05) is 57.5 Å². The van der Waals surface area contributed by atoms with Crippen LogP contribution in [0.5, 0.6) is 0 Å². The Bertz CT molecular complexity index is 1360. The van der Waals surface area contributed by atoms with E-state index in [2.05, 4.69) is 32.2 Å². The summed E-state index contributed by atoms with van der Waals surface area (Å²) in [6.07, 6.45) is 0.789. The first-order valence-corrected chi connectivity index (χ1v) is 14.1. The Hall–Kier alpha value is -3.13. The molecule has 0 fully saturated rings. The first-order chi connectivity index (χ1) is 17.9. The summed E-state index contributed by atoms with van der Waals surface area (Å²) in [6.45, 7) is 14.1. The van der Waals surface area contributed by atoms with Crippen LogP contribution in [-0.4, -0.2) is 39.9 Å². The highest BCUT2D eigenvalue weighted by molar-refractivity contribution is 8.00. The van der Waals surface area contributed by atoms with Gasteiger partial charge < -0.3 is 5.32 Å². The molecule has 2 atom stereocenters. The molecule has 0 radical (unpaired) electrons. The average Bonchev–Trinajstić information content (AvgIpc) is 3.16. The standard InChI is InChI=1S/C30H37FN4O2S/c1-8-20(4)32-24(36)16-34-25(37)17-38-27(21-10-9-11-22(31)15-21)26-28(30(5,6)7)33-35(29(26)34)23-13-12-18(2)14-19(23)3/h9-15,20,27H,8,16-17H2,1-7H3,(H,32,36)/t20-,27-/m0/s1. The van der Waals surface area contributed by atoms with Crippen molar-refractivity contribution in [3.63, 3.8) is 0 Å². The van der Waals surface area contributed by atoms with Crippen LogP contribution in [0, 0.1) is 19.7 Å². The number of halogens is 1. The SMILES string of the molecule is CC[C@H](C)NC(=O)CN1C(=O)CS[C@@H](c2cccc(F)c2)c2c(C(C)(C)C)nn(-c3ccc(C)cc3C)c21. The molecule has 202 valence electrons. The number of carbonyl (C=O) groups is 2. The van der Waals surface area contributed by atoms with Crippen LogP contribution in [0.4, 0.5) is 10.2 Å². The number of hydrogen-bond acceptors (Lipinski definition) is 4. The minimum Gasteiger partial charge on any atom is -0.352 e. The lowest BCUT2D eigenvalue weighted by atomic mass is 9.87. The van der Waals surface area contributed by atoms with E-state index in [0.717, 1.165) is 40.1 Å². The molecule has 0 saturated heterocycles. The van der Waals surface area contributed by atoms with Crippen LogP contribution in [0.3, 0.4) is 0 Å². The second kappa shape index (κ2) is 10.9. The smallest absolute Gasteiger partial charge is 0.240 e. The highest BCUT2D eigenvalue weighted by atomic mass is 32.2. The van der Waals surface area contributed by atoms with E-state index in [-0.39, 0.29) is 46.6 Å². The third kappa shape index (κ3) is 5.65. The number of rotatable bonds is 6. The van der Waals surface area contributed by atoms with E-state index in [9.17, 15) is 14.0 Å². The van der Waals surface area contributed by atoms with Gasteiger partial charge in [0.1, 0.15) is 18.2 Å².